The highest BCUT2D eigenvalue weighted by molar-refractivity contribution is 4.77. The minimum Gasteiger partial charge on any atom is -0.373 e. The van der Waals surface area contributed by atoms with Crippen LogP contribution in [0.3, 0.4) is 0 Å². The molecule has 0 N–H and O–H groups in total. The third-order valence-electron chi connectivity index (χ3n) is 4.40. The number of unbranched alkanes of at least 4 members (excludes halogenated alkanes) is 4. The number of hydrogen-bond acceptors (Lipinski definition) is 4. The van der Waals surface area contributed by atoms with Crippen molar-refractivity contribution in [3.05, 3.63) is 0 Å². The molecule has 2 heterocycles. The standard InChI is InChI=1S/C18H34O4/c1-3-5-7-9-17(21-13-15-11-19-15)18(10-8-6-4-2)22-14-16-12-20-16/h15-18H,3-14H2,1-2H3. The van der Waals surface area contributed by atoms with Crippen LogP contribution in [-0.4, -0.2) is 50.8 Å². The van der Waals surface area contributed by atoms with Crippen LogP contribution < -0.4 is 0 Å². The summed E-state index contributed by atoms with van der Waals surface area (Å²) in [6.07, 6.45) is 10.8. The molecule has 2 aliphatic heterocycles. The maximum absolute atomic E-state index is 6.17. The van der Waals surface area contributed by atoms with Crippen LogP contribution >= 0.6 is 0 Å². The average molecular weight is 314 g/mol. The lowest BCUT2D eigenvalue weighted by Crippen LogP contribution is -2.34. The molecule has 130 valence electrons. The third-order valence-corrected chi connectivity index (χ3v) is 4.40. The van der Waals surface area contributed by atoms with Crippen LogP contribution in [0.2, 0.25) is 0 Å². The molecule has 0 bridgehead atoms. The normalized spacial score (nSPS) is 25.9. The van der Waals surface area contributed by atoms with Crippen molar-refractivity contribution in [1.82, 2.24) is 0 Å². The highest BCUT2D eigenvalue weighted by Gasteiger charge is 2.30. The van der Waals surface area contributed by atoms with Gasteiger partial charge in [0.1, 0.15) is 12.2 Å². The van der Waals surface area contributed by atoms with Crippen molar-refractivity contribution in [2.24, 2.45) is 0 Å². The summed E-state index contributed by atoms with van der Waals surface area (Å²) < 4.78 is 22.9. The Labute approximate surface area is 135 Å². The van der Waals surface area contributed by atoms with Gasteiger partial charge in [0.2, 0.25) is 0 Å². The molecule has 0 aromatic heterocycles. The molecule has 0 amide bonds. The van der Waals surface area contributed by atoms with Gasteiger partial charge < -0.3 is 18.9 Å². The van der Waals surface area contributed by atoms with Crippen LogP contribution in [-0.2, 0) is 18.9 Å². The molecule has 4 unspecified atom stereocenters. The SMILES string of the molecule is CCCCCC(OCC1CO1)C(CCCCC)OCC1CO1. The summed E-state index contributed by atoms with van der Waals surface area (Å²) >= 11 is 0. The van der Waals surface area contributed by atoms with Crippen molar-refractivity contribution in [2.45, 2.75) is 89.6 Å². The third kappa shape index (κ3) is 7.91. The van der Waals surface area contributed by atoms with Crippen LogP contribution in [0.15, 0.2) is 0 Å². The lowest BCUT2D eigenvalue weighted by molar-refractivity contribution is -0.0863. The molecular weight excluding hydrogens is 280 g/mol. The zero-order valence-electron chi connectivity index (χ0n) is 14.4. The number of hydrogen-bond donors (Lipinski definition) is 0. The van der Waals surface area contributed by atoms with E-state index in [4.69, 9.17) is 18.9 Å². The summed E-state index contributed by atoms with van der Waals surface area (Å²) in [6, 6.07) is 0. The molecule has 4 nitrogen and oxygen atoms in total. The van der Waals surface area contributed by atoms with Gasteiger partial charge in [0.15, 0.2) is 0 Å². The van der Waals surface area contributed by atoms with Gasteiger partial charge in [0.05, 0.1) is 38.6 Å². The molecule has 0 aliphatic carbocycles. The minimum absolute atomic E-state index is 0.214. The zero-order valence-corrected chi connectivity index (χ0v) is 14.4. The molecular formula is C18H34O4. The second-order valence-corrected chi connectivity index (χ2v) is 6.65. The molecule has 2 fully saturated rings. The fourth-order valence-corrected chi connectivity index (χ4v) is 2.73. The van der Waals surface area contributed by atoms with E-state index in [1.165, 1.54) is 38.5 Å². The van der Waals surface area contributed by atoms with Crippen molar-refractivity contribution in [3.63, 3.8) is 0 Å². The maximum atomic E-state index is 6.17. The Hall–Kier alpha value is -0.160. The summed E-state index contributed by atoms with van der Waals surface area (Å²) in [5.74, 6) is 0. The Kier molecular flexibility index (Phi) is 8.75. The second kappa shape index (κ2) is 10.6. The molecule has 2 rings (SSSR count). The first-order valence-electron chi connectivity index (χ1n) is 9.29. The summed E-state index contributed by atoms with van der Waals surface area (Å²) in [6.45, 7) is 7.66. The highest BCUT2D eigenvalue weighted by Crippen LogP contribution is 2.22. The van der Waals surface area contributed by atoms with E-state index < -0.39 is 0 Å². The van der Waals surface area contributed by atoms with Crippen molar-refractivity contribution < 1.29 is 18.9 Å². The van der Waals surface area contributed by atoms with Crippen molar-refractivity contribution >= 4 is 0 Å². The van der Waals surface area contributed by atoms with Gasteiger partial charge >= 0.3 is 0 Å². The van der Waals surface area contributed by atoms with Gasteiger partial charge in [-0.1, -0.05) is 52.4 Å². The van der Waals surface area contributed by atoms with Crippen LogP contribution in [0.4, 0.5) is 0 Å². The van der Waals surface area contributed by atoms with Gasteiger partial charge in [-0.15, -0.1) is 0 Å². The van der Waals surface area contributed by atoms with Gasteiger partial charge in [-0.25, -0.2) is 0 Å². The monoisotopic (exact) mass is 314 g/mol. The smallest absolute Gasteiger partial charge is 0.104 e. The zero-order chi connectivity index (χ0) is 15.6. The van der Waals surface area contributed by atoms with Crippen LogP contribution in [0.5, 0.6) is 0 Å². The van der Waals surface area contributed by atoms with Gasteiger partial charge in [0.25, 0.3) is 0 Å². The summed E-state index contributed by atoms with van der Waals surface area (Å²) in [5.41, 5.74) is 0. The Balaban J connectivity index is 1.78. The first kappa shape index (κ1) is 18.2. The predicted molar refractivity (Wildman–Crippen MR) is 87.2 cm³/mol. The molecule has 4 heteroatoms. The molecule has 2 saturated heterocycles. The van der Waals surface area contributed by atoms with Crippen LogP contribution in [0, 0.1) is 0 Å². The van der Waals surface area contributed by atoms with Crippen LogP contribution in [0.25, 0.3) is 0 Å². The summed E-state index contributed by atoms with van der Waals surface area (Å²) in [5, 5.41) is 0. The first-order valence-corrected chi connectivity index (χ1v) is 9.29. The van der Waals surface area contributed by atoms with Gasteiger partial charge in [-0.2, -0.15) is 0 Å². The van der Waals surface area contributed by atoms with Gasteiger partial charge in [-0.3, -0.25) is 0 Å². The molecule has 0 aromatic carbocycles. The largest absolute Gasteiger partial charge is 0.373 e. The van der Waals surface area contributed by atoms with E-state index >= 15 is 0 Å². The van der Waals surface area contributed by atoms with Gasteiger partial charge in [0, 0.05) is 0 Å². The Morgan fingerprint density at radius 2 is 1.18 bits per heavy atom. The highest BCUT2D eigenvalue weighted by atomic mass is 16.6. The molecule has 0 spiro atoms. The maximum Gasteiger partial charge on any atom is 0.104 e. The fraction of sp³-hybridized carbons (Fsp3) is 1.00. The summed E-state index contributed by atoms with van der Waals surface area (Å²) in [4.78, 5) is 0. The second-order valence-electron chi connectivity index (χ2n) is 6.65. The number of ether oxygens (including phenoxy) is 4. The van der Waals surface area contributed by atoms with E-state index in [0.29, 0.717) is 12.2 Å². The quantitative estimate of drug-likeness (QED) is 0.341. The van der Waals surface area contributed by atoms with E-state index in [9.17, 15) is 0 Å². The molecule has 2 aliphatic rings. The topological polar surface area (TPSA) is 43.5 Å². The van der Waals surface area contributed by atoms with E-state index in [-0.39, 0.29) is 12.2 Å². The van der Waals surface area contributed by atoms with E-state index in [1.807, 2.05) is 0 Å². The van der Waals surface area contributed by atoms with E-state index in [0.717, 1.165) is 39.3 Å². The van der Waals surface area contributed by atoms with Crippen molar-refractivity contribution in [2.75, 3.05) is 26.4 Å². The molecule has 0 radical (unpaired) electrons. The average Bonchev–Trinajstić information content (AvgIpc) is 3.40. The van der Waals surface area contributed by atoms with Crippen LogP contribution in [0.1, 0.15) is 65.2 Å². The number of rotatable bonds is 15. The minimum atomic E-state index is 0.214. The Morgan fingerprint density at radius 1 is 0.773 bits per heavy atom. The lowest BCUT2D eigenvalue weighted by Gasteiger charge is -2.27. The first-order chi connectivity index (χ1) is 10.8. The lowest BCUT2D eigenvalue weighted by atomic mass is 10.0. The number of epoxide rings is 2. The fourth-order valence-electron chi connectivity index (χ4n) is 2.73. The Bertz CT molecular complexity index is 248. The van der Waals surface area contributed by atoms with E-state index in [2.05, 4.69) is 13.8 Å². The molecule has 0 saturated carbocycles. The Morgan fingerprint density at radius 3 is 1.50 bits per heavy atom. The summed E-state index contributed by atoms with van der Waals surface area (Å²) in [7, 11) is 0. The van der Waals surface area contributed by atoms with Gasteiger partial charge in [-0.05, 0) is 12.8 Å². The van der Waals surface area contributed by atoms with E-state index in [1.54, 1.807) is 0 Å². The van der Waals surface area contributed by atoms with Crippen molar-refractivity contribution in [1.29, 1.82) is 0 Å². The van der Waals surface area contributed by atoms with Crippen molar-refractivity contribution in [3.8, 4) is 0 Å². The molecule has 22 heavy (non-hydrogen) atoms. The molecule has 4 atom stereocenters. The predicted octanol–water partition coefficient (Wildman–Crippen LogP) is 3.72. The molecule has 0 aromatic rings.